The van der Waals surface area contributed by atoms with E-state index in [2.05, 4.69) is 42.1 Å². The zero-order valence-electron chi connectivity index (χ0n) is 14.2. The summed E-state index contributed by atoms with van der Waals surface area (Å²) in [6.45, 7) is 0. The van der Waals surface area contributed by atoms with Crippen LogP contribution in [0.4, 0.5) is 0 Å². The number of fused-ring (bicyclic) bond motifs is 3. The molecule has 0 spiro atoms. The van der Waals surface area contributed by atoms with Crippen molar-refractivity contribution in [2.24, 2.45) is 5.92 Å². The number of nitrogens with one attached hydrogen (secondary N) is 2. The molecule has 5 rings (SSSR count). The van der Waals surface area contributed by atoms with Crippen LogP contribution in [0.3, 0.4) is 0 Å². The van der Waals surface area contributed by atoms with Crippen LogP contribution in [0.2, 0.25) is 0 Å². The molecule has 0 aromatic carbocycles. The third-order valence-electron chi connectivity index (χ3n) is 5.44. The number of hydrogen-bond donors (Lipinski definition) is 2. The first kappa shape index (κ1) is 15.1. The molecule has 0 saturated heterocycles. The van der Waals surface area contributed by atoms with E-state index in [1.807, 2.05) is 12.4 Å². The van der Waals surface area contributed by atoms with Gasteiger partial charge in [0.05, 0.1) is 24.0 Å². The highest BCUT2D eigenvalue weighted by Gasteiger charge is 2.28. The second kappa shape index (κ2) is 5.95. The zero-order valence-corrected chi connectivity index (χ0v) is 14.2. The van der Waals surface area contributed by atoms with Crippen LogP contribution in [-0.2, 0) is 0 Å². The number of pyridine rings is 1. The normalized spacial score (nSPS) is 20.6. The number of rotatable bonds is 3. The fourth-order valence-corrected chi connectivity index (χ4v) is 4.17. The van der Waals surface area contributed by atoms with Gasteiger partial charge < -0.3 is 9.55 Å². The summed E-state index contributed by atoms with van der Waals surface area (Å²) in [5.41, 5.74) is 3.57. The molecule has 1 saturated carbocycles. The van der Waals surface area contributed by atoms with Crippen molar-refractivity contribution in [3.8, 4) is 17.6 Å². The molecular weight excluding hydrogens is 328 g/mol. The van der Waals surface area contributed by atoms with Gasteiger partial charge in [-0.25, -0.2) is 9.97 Å². The van der Waals surface area contributed by atoms with E-state index >= 15 is 0 Å². The lowest BCUT2D eigenvalue weighted by atomic mass is 9.84. The molecule has 1 aliphatic carbocycles. The summed E-state index contributed by atoms with van der Waals surface area (Å²) in [6.07, 6.45) is 10.3. The van der Waals surface area contributed by atoms with E-state index in [0.717, 1.165) is 59.3 Å². The third-order valence-corrected chi connectivity index (χ3v) is 5.44. The van der Waals surface area contributed by atoms with Gasteiger partial charge in [-0.1, -0.05) is 0 Å². The molecule has 0 unspecified atom stereocenters. The Labute approximate surface area is 149 Å². The average Bonchev–Trinajstić information content (AvgIpc) is 3.40. The number of nitrogens with zero attached hydrogens (tertiary/aromatic N) is 6. The maximum absolute atomic E-state index is 8.98. The first-order valence-electron chi connectivity index (χ1n) is 8.92. The number of aromatic nitrogens is 7. The third kappa shape index (κ3) is 2.28. The predicted molar refractivity (Wildman–Crippen MR) is 96.0 cm³/mol. The Morgan fingerprint density at radius 2 is 2.12 bits per heavy atom. The van der Waals surface area contributed by atoms with Crippen LogP contribution in [-0.4, -0.2) is 34.9 Å². The fraction of sp³-hybridized carbons (Fsp3) is 0.389. The Kier molecular flexibility index (Phi) is 3.45. The van der Waals surface area contributed by atoms with Crippen molar-refractivity contribution < 1.29 is 0 Å². The molecule has 0 bridgehead atoms. The van der Waals surface area contributed by atoms with E-state index in [1.54, 1.807) is 6.20 Å². The van der Waals surface area contributed by atoms with Crippen molar-refractivity contribution in [1.29, 1.82) is 5.26 Å². The van der Waals surface area contributed by atoms with Crippen LogP contribution in [0.5, 0.6) is 0 Å². The van der Waals surface area contributed by atoms with E-state index < -0.39 is 0 Å². The Hall–Kier alpha value is -3.21. The molecule has 2 N–H and O–H groups in total. The molecule has 4 aromatic heterocycles. The van der Waals surface area contributed by atoms with Gasteiger partial charge in [0.2, 0.25) is 0 Å². The summed E-state index contributed by atoms with van der Waals surface area (Å²) in [4.78, 5) is 12.5. The van der Waals surface area contributed by atoms with Crippen LogP contribution >= 0.6 is 0 Å². The van der Waals surface area contributed by atoms with Gasteiger partial charge in [0.1, 0.15) is 16.9 Å². The van der Waals surface area contributed by atoms with Crippen molar-refractivity contribution in [2.75, 3.05) is 0 Å². The van der Waals surface area contributed by atoms with Crippen LogP contribution in [0.1, 0.15) is 38.1 Å². The van der Waals surface area contributed by atoms with Crippen LogP contribution in [0.15, 0.2) is 24.7 Å². The summed E-state index contributed by atoms with van der Waals surface area (Å²) in [6, 6.07) is 4.70. The molecule has 130 valence electrons. The molecule has 1 fully saturated rings. The highest BCUT2D eigenvalue weighted by Crippen LogP contribution is 2.39. The van der Waals surface area contributed by atoms with Crippen molar-refractivity contribution in [1.82, 2.24) is 34.9 Å². The SMILES string of the molecule is N#CC[C@H]1CC[C@@H](n2c(-c3cn[nH]n3)nc3cnc4[nH]ccc4c32)CC1. The Morgan fingerprint density at radius 3 is 2.88 bits per heavy atom. The minimum absolute atomic E-state index is 0.335. The summed E-state index contributed by atoms with van der Waals surface area (Å²) < 4.78 is 2.31. The van der Waals surface area contributed by atoms with Gasteiger partial charge in [-0.05, 0) is 37.7 Å². The van der Waals surface area contributed by atoms with Crippen molar-refractivity contribution >= 4 is 22.1 Å². The van der Waals surface area contributed by atoms with Gasteiger partial charge in [0, 0.05) is 24.0 Å². The molecule has 8 nitrogen and oxygen atoms in total. The van der Waals surface area contributed by atoms with Gasteiger partial charge >= 0.3 is 0 Å². The zero-order chi connectivity index (χ0) is 17.5. The number of imidazole rings is 1. The van der Waals surface area contributed by atoms with E-state index in [1.165, 1.54) is 0 Å². The quantitative estimate of drug-likeness (QED) is 0.591. The highest BCUT2D eigenvalue weighted by atomic mass is 15.3. The van der Waals surface area contributed by atoms with Gasteiger partial charge in [-0.2, -0.15) is 20.7 Å². The predicted octanol–water partition coefficient (Wildman–Crippen LogP) is 3.34. The van der Waals surface area contributed by atoms with E-state index in [9.17, 15) is 0 Å². The first-order chi connectivity index (χ1) is 12.8. The molecule has 0 amide bonds. The molecule has 4 heterocycles. The number of hydrogen-bond acceptors (Lipinski definition) is 5. The molecule has 0 atom stereocenters. The van der Waals surface area contributed by atoms with Crippen molar-refractivity contribution in [3.63, 3.8) is 0 Å². The number of nitriles is 1. The Morgan fingerprint density at radius 1 is 1.23 bits per heavy atom. The average molecular weight is 346 g/mol. The molecule has 4 aromatic rings. The largest absolute Gasteiger partial charge is 0.346 e. The van der Waals surface area contributed by atoms with Crippen LogP contribution in [0.25, 0.3) is 33.6 Å². The van der Waals surface area contributed by atoms with E-state index in [4.69, 9.17) is 10.2 Å². The van der Waals surface area contributed by atoms with Gasteiger partial charge in [-0.3, -0.25) is 0 Å². The Balaban J connectivity index is 1.68. The molecule has 1 aliphatic rings. The smallest absolute Gasteiger partial charge is 0.163 e. The topological polar surface area (TPSA) is 112 Å². The minimum Gasteiger partial charge on any atom is -0.346 e. The Bertz CT molecular complexity index is 1090. The number of H-pyrrole nitrogens is 2. The molecule has 8 heteroatoms. The second-order valence-corrected chi connectivity index (χ2v) is 6.93. The summed E-state index contributed by atoms with van der Waals surface area (Å²) in [5, 5.41) is 21.0. The van der Waals surface area contributed by atoms with Gasteiger partial charge in [0.15, 0.2) is 5.82 Å². The summed E-state index contributed by atoms with van der Waals surface area (Å²) in [7, 11) is 0. The standard InChI is InChI=1S/C18H18N8/c19-7-5-11-1-3-12(4-2-11)26-16-13-6-8-20-17(13)21-9-14(16)23-18(26)15-10-22-25-24-15/h6,8-12H,1-5H2,(H,20,21)(H,22,24,25)/t11-,12+. The van der Waals surface area contributed by atoms with Crippen LogP contribution < -0.4 is 0 Å². The minimum atomic E-state index is 0.335. The molecule has 0 aliphatic heterocycles. The van der Waals surface area contributed by atoms with Crippen molar-refractivity contribution in [2.45, 2.75) is 38.1 Å². The maximum Gasteiger partial charge on any atom is 0.163 e. The summed E-state index contributed by atoms with van der Waals surface area (Å²) in [5.74, 6) is 1.34. The van der Waals surface area contributed by atoms with E-state index in [-0.39, 0.29) is 0 Å². The second-order valence-electron chi connectivity index (χ2n) is 6.93. The van der Waals surface area contributed by atoms with E-state index in [0.29, 0.717) is 18.4 Å². The molecular formula is C18H18N8. The highest BCUT2D eigenvalue weighted by molar-refractivity contribution is 6.02. The molecule has 0 radical (unpaired) electrons. The van der Waals surface area contributed by atoms with Crippen molar-refractivity contribution in [3.05, 3.63) is 24.7 Å². The monoisotopic (exact) mass is 346 g/mol. The first-order valence-corrected chi connectivity index (χ1v) is 8.92. The maximum atomic E-state index is 8.98. The lowest BCUT2D eigenvalue weighted by Crippen LogP contribution is -2.19. The number of aromatic amines is 2. The lowest BCUT2D eigenvalue weighted by Gasteiger charge is -2.29. The van der Waals surface area contributed by atoms with Gasteiger partial charge in [-0.15, -0.1) is 0 Å². The van der Waals surface area contributed by atoms with Crippen LogP contribution in [0, 0.1) is 17.2 Å². The summed E-state index contributed by atoms with van der Waals surface area (Å²) >= 11 is 0. The fourth-order valence-electron chi connectivity index (χ4n) is 4.17. The molecule has 26 heavy (non-hydrogen) atoms. The van der Waals surface area contributed by atoms with Gasteiger partial charge in [0.25, 0.3) is 0 Å². The lowest BCUT2D eigenvalue weighted by molar-refractivity contribution is 0.283.